The fourth-order valence-electron chi connectivity index (χ4n) is 2.08. The zero-order valence-electron chi connectivity index (χ0n) is 9.31. The van der Waals surface area contributed by atoms with E-state index in [4.69, 9.17) is 8.42 Å². The van der Waals surface area contributed by atoms with Crippen molar-refractivity contribution in [1.29, 1.82) is 0 Å². The van der Waals surface area contributed by atoms with Crippen LogP contribution in [0.15, 0.2) is 48.5 Å². The lowest BCUT2D eigenvalue weighted by atomic mass is 10.1. The van der Waals surface area contributed by atoms with Crippen molar-refractivity contribution in [1.82, 2.24) is 0 Å². The number of benzene rings is 2. The van der Waals surface area contributed by atoms with Crippen LogP contribution in [-0.4, -0.2) is 8.42 Å². The maximum atomic E-state index is 9.16. The van der Waals surface area contributed by atoms with E-state index in [2.05, 4.69) is 69.9 Å². The van der Waals surface area contributed by atoms with Gasteiger partial charge < -0.3 is 0 Å². The van der Waals surface area contributed by atoms with Gasteiger partial charge in [-0.15, -0.1) is 0 Å². The highest BCUT2D eigenvalue weighted by atomic mass is 36.0. The molecule has 0 fully saturated rings. The van der Waals surface area contributed by atoms with E-state index >= 15 is 0 Å². The summed E-state index contributed by atoms with van der Waals surface area (Å²) in [5.41, 5.74) is 5.75. The predicted octanol–water partition coefficient (Wildman–Crippen LogP) is 3.97. The quantitative estimate of drug-likeness (QED) is 0.589. The summed E-state index contributed by atoms with van der Waals surface area (Å²) in [6, 6.07) is 17.3. The molecule has 3 rings (SSSR count). The molecule has 5 heteroatoms. The molecule has 0 radical (unpaired) electrons. The molecule has 0 saturated heterocycles. The Morgan fingerprint density at radius 2 is 1.11 bits per heavy atom. The van der Waals surface area contributed by atoms with E-state index in [-0.39, 0.29) is 0 Å². The maximum Gasteiger partial charge on any atom is 0.317 e. The van der Waals surface area contributed by atoms with Crippen molar-refractivity contribution in [3.8, 4) is 11.1 Å². The van der Waals surface area contributed by atoms with Gasteiger partial charge in [0.2, 0.25) is 0 Å². The van der Waals surface area contributed by atoms with Gasteiger partial charge in [-0.3, -0.25) is 0 Å². The number of hydrogen-bond donors (Lipinski definition) is 0. The first-order chi connectivity index (χ1) is 8.45. The van der Waals surface area contributed by atoms with Crippen LogP contribution in [0, 0.1) is 0 Å². The van der Waals surface area contributed by atoms with Gasteiger partial charge in [0.25, 0.3) is 0 Å². The van der Waals surface area contributed by atoms with Crippen molar-refractivity contribution in [2.24, 2.45) is 0 Å². The Morgan fingerprint density at radius 3 is 1.50 bits per heavy atom. The summed E-state index contributed by atoms with van der Waals surface area (Å²) in [5, 5.41) is 0. The average Bonchev–Trinajstić information content (AvgIpc) is 2.65. The normalized spacial score (nSPS) is 12.1. The van der Waals surface area contributed by atoms with Gasteiger partial charge in [-0.1, -0.05) is 48.5 Å². The summed E-state index contributed by atoms with van der Waals surface area (Å²) >= 11 is 0. The van der Waals surface area contributed by atoms with Crippen molar-refractivity contribution in [2.75, 3.05) is 0 Å². The molecule has 0 amide bonds. The summed E-state index contributed by atoms with van der Waals surface area (Å²) in [6.45, 7) is 0. The Morgan fingerprint density at radius 1 is 0.778 bits per heavy atom. The minimum absolute atomic E-state index is 1.10. The van der Waals surface area contributed by atoms with Gasteiger partial charge in [-0.25, -0.2) is 0 Å². The maximum absolute atomic E-state index is 9.16. The third-order valence-corrected chi connectivity index (χ3v) is 2.71. The molecule has 0 bridgehead atoms. The molecule has 0 saturated carbocycles. The van der Waals surface area contributed by atoms with E-state index in [1.807, 2.05) is 0 Å². The molecule has 2 aromatic rings. The SMILES string of the molecule is O=S(=O)(Cl)Cl.c1ccc2c(c1)Cc1ccccc1-2. The molecule has 2 nitrogen and oxygen atoms in total. The standard InChI is InChI=1S/C13H10.Cl2O2S/c1-3-7-12-10(5-1)9-11-6-2-4-8-13(11)12;1-5(2,3)4/h1-8H,9H2;. The molecule has 0 spiro atoms. The Labute approximate surface area is 115 Å². The van der Waals surface area contributed by atoms with E-state index < -0.39 is 8.26 Å². The summed E-state index contributed by atoms with van der Waals surface area (Å²) in [6.07, 6.45) is 1.10. The van der Waals surface area contributed by atoms with Gasteiger partial charge in [0.1, 0.15) is 0 Å². The van der Waals surface area contributed by atoms with Crippen LogP contribution in [0.3, 0.4) is 0 Å². The van der Waals surface area contributed by atoms with Crippen LogP contribution in [-0.2, 0) is 14.7 Å². The molecule has 0 unspecified atom stereocenters. The topological polar surface area (TPSA) is 34.1 Å². The Balaban J connectivity index is 0.000000209. The lowest BCUT2D eigenvalue weighted by Gasteiger charge is -1.98. The molecule has 2 aromatic carbocycles. The molecule has 94 valence electrons. The number of hydrogen-bond acceptors (Lipinski definition) is 2. The minimum Gasteiger partial charge on any atom is -0.195 e. The average molecular weight is 301 g/mol. The summed E-state index contributed by atoms with van der Waals surface area (Å²) in [5.74, 6) is 0. The third-order valence-electron chi connectivity index (χ3n) is 2.71. The van der Waals surface area contributed by atoms with Crippen LogP contribution in [0.1, 0.15) is 11.1 Å². The zero-order chi connectivity index (χ0) is 13.2. The first-order valence-electron chi connectivity index (χ1n) is 5.25. The summed E-state index contributed by atoms with van der Waals surface area (Å²) in [4.78, 5) is 0. The third kappa shape index (κ3) is 3.48. The van der Waals surface area contributed by atoms with E-state index in [1.165, 1.54) is 22.3 Å². The number of rotatable bonds is 0. The Bertz CT molecular complexity index is 615. The van der Waals surface area contributed by atoms with E-state index in [1.54, 1.807) is 0 Å². The second kappa shape index (κ2) is 5.31. The van der Waals surface area contributed by atoms with E-state index in [9.17, 15) is 0 Å². The van der Waals surface area contributed by atoms with Gasteiger partial charge in [0.15, 0.2) is 0 Å². The molecule has 0 N–H and O–H groups in total. The van der Waals surface area contributed by atoms with E-state index in [0.717, 1.165) is 6.42 Å². The summed E-state index contributed by atoms with van der Waals surface area (Å²) < 4.78 is 18.3. The molecular formula is C13H10Cl2O2S. The van der Waals surface area contributed by atoms with Gasteiger partial charge >= 0.3 is 8.26 Å². The molecular weight excluding hydrogens is 291 g/mol. The van der Waals surface area contributed by atoms with Crippen LogP contribution in [0.5, 0.6) is 0 Å². The van der Waals surface area contributed by atoms with E-state index in [0.29, 0.717) is 0 Å². The predicted molar refractivity (Wildman–Crippen MR) is 75.3 cm³/mol. The van der Waals surface area contributed by atoms with Gasteiger partial charge in [-0.2, -0.15) is 8.42 Å². The molecule has 0 aromatic heterocycles. The first kappa shape index (κ1) is 13.4. The van der Waals surface area contributed by atoms with Gasteiger partial charge in [-0.05, 0) is 28.7 Å². The van der Waals surface area contributed by atoms with Crippen LogP contribution >= 0.6 is 21.4 Å². The molecule has 1 aliphatic rings. The smallest absolute Gasteiger partial charge is 0.195 e. The van der Waals surface area contributed by atoms with Crippen molar-refractivity contribution in [2.45, 2.75) is 6.42 Å². The summed E-state index contributed by atoms with van der Waals surface area (Å²) in [7, 11) is 4.81. The monoisotopic (exact) mass is 300 g/mol. The molecule has 1 aliphatic carbocycles. The molecule has 18 heavy (non-hydrogen) atoms. The molecule has 0 aliphatic heterocycles. The van der Waals surface area contributed by atoms with Crippen LogP contribution in [0.25, 0.3) is 11.1 Å². The molecule has 0 atom stereocenters. The van der Waals surface area contributed by atoms with Crippen LogP contribution < -0.4 is 0 Å². The highest BCUT2D eigenvalue weighted by Crippen LogP contribution is 2.35. The Kier molecular flexibility index (Phi) is 3.95. The van der Waals surface area contributed by atoms with Crippen molar-refractivity contribution in [3.05, 3.63) is 59.7 Å². The van der Waals surface area contributed by atoms with Gasteiger partial charge in [0, 0.05) is 21.4 Å². The number of fused-ring (bicyclic) bond motifs is 3. The van der Waals surface area contributed by atoms with Crippen molar-refractivity contribution >= 4 is 29.6 Å². The second-order valence-electron chi connectivity index (χ2n) is 3.87. The van der Waals surface area contributed by atoms with Crippen molar-refractivity contribution < 1.29 is 8.42 Å². The lowest BCUT2D eigenvalue weighted by molar-refractivity contribution is 0.621. The fraction of sp³-hybridized carbons (Fsp3) is 0.0769. The minimum atomic E-state index is -3.72. The van der Waals surface area contributed by atoms with Crippen LogP contribution in [0.4, 0.5) is 0 Å². The fourth-order valence-corrected chi connectivity index (χ4v) is 2.08. The second-order valence-corrected chi connectivity index (χ2v) is 7.54. The first-order valence-corrected chi connectivity index (χ1v) is 8.39. The Hall–Kier alpha value is -1.03. The molecule has 0 heterocycles. The largest absolute Gasteiger partial charge is 0.317 e. The highest BCUT2D eigenvalue weighted by Gasteiger charge is 2.15. The highest BCUT2D eigenvalue weighted by molar-refractivity contribution is 8.31. The van der Waals surface area contributed by atoms with Gasteiger partial charge in [0.05, 0.1) is 0 Å². The zero-order valence-corrected chi connectivity index (χ0v) is 11.6. The number of halogens is 2. The van der Waals surface area contributed by atoms with Crippen molar-refractivity contribution in [3.63, 3.8) is 0 Å². The lowest BCUT2D eigenvalue weighted by Crippen LogP contribution is -1.77. The van der Waals surface area contributed by atoms with Crippen LogP contribution in [0.2, 0.25) is 0 Å².